The van der Waals surface area contributed by atoms with Crippen LogP contribution < -0.4 is 10.0 Å². The summed E-state index contributed by atoms with van der Waals surface area (Å²) in [4.78, 5) is 4.97. The predicted octanol–water partition coefficient (Wildman–Crippen LogP) is 1.97. The lowest BCUT2D eigenvalue weighted by atomic mass is 10.3. The Morgan fingerprint density at radius 3 is 2.79 bits per heavy atom. The van der Waals surface area contributed by atoms with Gasteiger partial charge in [0, 0.05) is 17.6 Å². The molecule has 0 aliphatic carbocycles. The van der Waals surface area contributed by atoms with Crippen molar-refractivity contribution in [1.82, 2.24) is 10.3 Å². The Kier molecular flexibility index (Phi) is 4.18. The number of anilines is 1. The van der Waals surface area contributed by atoms with Gasteiger partial charge in [0.25, 0.3) is 10.0 Å². The molecule has 2 aromatic rings. The van der Waals surface area contributed by atoms with E-state index in [4.69, 9.17) is 0 Å². The van der Waals surface area contributed by atoms with Crippen LogP contribution in [-0.2, 0) is 16.6 Å². The zero-order chi connectivity index (χ0) is 13.9. The van der Waals surface area contributed by atoms with Crippen molar-refractivity contribution >= 4 is 27.2 Å². The monoisotopic (exact) mass is 297 g/mol. The number of sulfonamides is 1. The average Bonchev–Trinajstić information content (AvgIpc) is 2.73. The van der Waals surface area contributed by atoms with Gasteiger partial charge < -0.3 is 5.32 Å². The number of aromatic nitrogens is 1. The maximum Gasteiger partial charge on any atom is 0.272 e. The molecule has 19 heavy (non-hydrogen) atoms. The summed E-state index contributed by atoms with van der Waals surface area (Å²) in [6.07, 6.45) is 1.55. The molecule has 0 saturated carbocycles. The van der Waals surface area contributed by atoms with E-state index < -0.39 is 10.0 Å². The molecule has 102 valence electrons. The molecule has 0 amide bonds. The van der Waals surface area contributed by atoms with Crippen molar-refractivity contribution in [2.45, 2.75) is 17.7 Å². The van der Waals surface area contributed by atoms with Crippen molar-refractivity contribution in [2.75, 3.05) is 11.8 Å². The number of hydrogen-bond acceptors (Lipinski definition) is 5. The Morgan fingerprint density at radius 2 is 2.16 bits per heavy atom. The van der Waals surface area contributed by atoms with Gasteiger partial charge in [0.1, 0.15) is 10.0 Å². The van der Waals surface area contributed by atoms with Crippen LogP contribution in [0.2, 0.25) is 0 Å². The van der Waals surface area contributed by atoms with Crippen LogP contribution in [0.1, 0.15) is 10.4 Å². The molecule has 0 saturated heterocycles. The van der Waals surface area contributed by atoms with E-state index in [1.165, 1.54) is 11.3 Å². The van der Waals surface area contributed by atoms with Crippen molar-refractivity contribution in [2.24, 2.45) is 0 Å². The molecule has 0 atom stereocenters. The summed E-state index contributed by atoms with van der Waals surface area (Å²) >= 11 is 1.27. The molecule has 7 heteroatoms. The third-order valence-corrected chi connectivity index (χ3v) is 5.57. The molecule has 5 nitrogen and oxygen atoms in total. The van der Waals surface area contributed by atoms with Gasteiger partial charge in [-0.05, 0) is 37.7 Å². The van der Waals surface area contributed by atoms with Gasteiger partial charge in [-0.1, -0.05) is 6.07 Å². The Bertz CT molecular complexity index is 651. The van der Waals surface area contributed by atoms with Crippen LogP contribution in [-0.4, -0.2) is 20.4 Å². The second-order valence-electron chi connectivity index (χ2n) is 4.02. The molecule has 2 heterocycles. The van der Waals surface area contributed by atoms with Crippen LogP contribution in [0, 0.1) is 6.92 Å². The Labute approximate surface area is 116 Å². The van der Waals surface area contributed by atoms with Gasteiger partial charge in [-0.2, -0.15) is 0 Å². The first-order chi connectivity index (χ1) is 9.03. The summed E-state index contributed by atoms with van der Waals surface area (Å²) in [7, 11) is -1.72. The summed E-state index contributed by atoms with van der Waals surface area (Å²) in [5, 5.41) is 3.02. The smallest absolute Gasteiger partial charge is 0.272 e. The quantitative estimate of drug-likeness (QED) is 0.885. The van der Waals surface area contributed by atoms with Gasteiger partial charge in [-0.25, -0.2) is 13.4 Å². The van der Waals surface area contributed by atoms with E-state index in [9.17, 15) is 8.42 Å². The summed E-state index contributed by atoms with van der Waals surface area (Å²) < 4.78 is 27.2. The minimum Gasteiger partial charge on any atom is -0.315 e. The normalized spacial score (nSPS) is 11.5. The summed E-state index contributed by atoms with van der Waals surface area (Å²) in [5.74, 6) is 0.323. The molecule has 0 aromatic carbocycles. The Hall–Kier alpha value is -1.44. The van der Waals surface area contributed by atoms with Gasteiger partial charge >= 0.3 is 0 Å². The molecule has 0 unspecified atom stereocenters. The molecule has 0 radical (unpaired) electrons. The molecule has 0 aliphatic rings. The third kappa shape index (κ3) is 3.31. The largest absolute Gasteiger partial charge is 0.315 e. The molecule has 0 bridgehead atoms. The van der Waals surface area contributed by atoms with Crippen molar-refractivity contribution in [1.29, 1.82) is 0 Å². The van der Waals surface area contributed by atoms with Crippen molar-refractivity contribution in [3.05, 3.63) is 40.9 Å². The number of nitrogens with one attached hydrogen (secondary N) is 2. The molecule has 0 fully saturated rings. The van der Waals surface area contributed by atoms with Crippen LogP contribution in [0.25, 0.3) is 0 Å². The van der Waals surface area contributed by atoms with Crippen molar-refractivity contribution < 1.29 is 8.42 Å². The van der Waals surface area contributed by atoms with Gasteiger partial charge in [0.05, 0.1) is 0 Å². The van der Waals surface area contributed by atoms with E-state index in [0.29, 0.717) is 16.6 Å². The first-order valence-electron chi connectivity index (χ1n) is 5.70. The van der Waals surface area contributed by atoms with Gasteiger partial charge in [-0.15, -0.1) is 11.3 Å². The number of hydrogen-bond donors (Lipinski definition) is 2. The summed E-state index contributed by atoms with van der Waals surface area (Å²) in [6, 6.07) is 6.77. The van der Waals surface area contributed by atoms with E-state index in [-0.39, 0.29) is 0 Å². The van der Waals surface area contributed by atoms with Crippen LogP contribution in [0.15, 0.2) is 34.7 Å². The lowest BCUT2D eigenvalue weighted by Gasteiger charge is -2.04. The number of rotatable bonds is 5. The number of pyridine rings is 1. The fourth-order valence-corrected chi connectivity index (χ4v) is 4.18. The zero-order valence-corrected chi connectivity index (χ0v) is 12.3. The number of nitrogens with zero attached hydrogens (tertiary/aromatic N) is 1. The van der Waals surface area contributed by atoms with E-state index in [1.807, 2.05) is 14.0 Å². The van der Waals surface area contributed by atoms with Crippen LogP contribution >= 0.6 is 11.3 Å². The first-order valence-corrected chi connectivity index (χ1v) is 8.00. The third-order valence-electron chi connectivity index (χ3n) is 2.50. The van der Waals surface area contributed by atoms with Crippen LogP contribution in [0.3, 0.4) is 0 Å². The average molecular weight is 297 g/mol. The molecular weight excluding hydrogens is 282 g/mol. The van der Waals surface area contributed by atoms with Crippen LogP contribution in [0.4, 0.5) is 5.82 Å². The molecule has 0 spiro atoms. The minimum absolute atomic E-state index is 0.306. The highest BCUT2D eigenvalue weighted by molar-refractivity contribution is 7.94. The van der Waals surface area contributed by atoms with Crippen molar-refractivity contribution in [3.8, 4) is 0 Å². The maximum atomic E-state index is 12.2. The van der Waals surface area contributed by atoms with E-state index in [0.717, 1.165) is 10.4 Å². The first kappa shape index (κ1) is 14.0. The van der Waals surface area contributed by atoms with Gasteiger partial charge in [-0.3, -0.25) is 4.72 Å². The summed E-state index contributed by atoms with van der Waals surface area (Å²) in [6.45, 7) is 2.57. The highest BCUT2D eigenvalue weighted by atomic mass is 32.2. The van der Waals surface area contributed by atoms with Crippen molar-refractivity contribution in [3.63, 3.8) is 0 Å². The Balaban J connectivity index is 2.27. The van der Waals surface area contributed by atoms with Crippen LogP contribution in [0.5, 0.6) is 0 Å². The highest BCUT2D eigenvalue weighted by Gasteiger charge is 2.19. The van der Waals surface area contributed by atoms with Gasteiger partial charge in [0.2, 0.25) is 0 Å². The van der Waals surface area contributed by atoms with E-state index in [1.54, 1.807) is 30.5 Å². The predicted molar refractivity (Wildman–Crippen MR) is 76.9 cm³/mol. The molecule has 0 aliphatic heterocycles. The number of thiophene rings is 1. The Morgan fingerprint density at radius 1 is 1.37 bits per heavy atom. The molecule has 2 N–H and O–H groups in total. The lowest BCUT2D eigenvalue weighted by Crippen LogP contribution is -2.12. The highest BCUT2D eigenvalue weighted by Crippen LogP contribution is 2.27. The maximum absolute atomic E-state index is 12.2. The summed E-state index contributed by atoms with van der Waals surface area (Å²) in [5.41, 5.74) is 0.973. The fraction of sp³-hybridized carbons (Fsp3) is 0.250. The second kappa shape index (κ2) is 5.68. The van der Waals surface area contributed by atoms with Gasteiger partial charge in [0.15, 0.2) is 0 Å². The lowest BCUT2D eigenvalue weighted by molar-refractivity contribution is 0.603. The van der Waals surface area contributed by atoms with E-state index >= 15 is 0 Å². The zero-order valence-electron chi connectivity index (χ0n) is 10.7. The molecule has 2 aromatic heterocycles. The topological polar surface area (TPSA) is 71.1 Å². The second-order valence-corrected chi connectivity index (χ2v) is 7.07. The molecule has 2 rings (SSSR count). The minimum atomic E-state index is -3.56. The SMILES string of the molecule is CNCc1sc(S(=O)(=O)Nc2ccccn2)cc1C. The fourth-order valence-electron chi connectivity index (χ4n) is 1.57. The van der Waals surface area contributed by atoms with E-state index in [2.05, 4.69) is 15.0 Å². The number of aryl methyl sites for hydroxylation is 1. The molecular formula is C12H15N3O2S2. The standard InChI is InChI=1S/C12H15N3O2S2/c1-9-7-12(18-10(9)8-13-2)19(16,17)15-11-5-3-4-6-14-11/h3-7,13H,8H2,1-2H3,(H,14,15).